The molecule has 74 valence electrons. The van der Waals surface area contributed by atoms with Crippen molar-refractivity contribution in [2.24, 2.45) is 0 Å². The Kier molecular flexibility index (Phi) is 2.83. The standard InChI is InChI=1S/C8H8BrN3OS/c1-5-2-6(13-12-5)3-10-8-11-7(9)4-14-8/h2,4H,3H2,1H3,(H,10,11). The van der Waals surface area contributed by atoms with E-state index in [9.17, 15) is 0 Å². The van der Waals surface area contributed by atoms with Crippen LogP contribution in [0.5, 0.6) is 0 Å². The zero-order valence-corrected chi connectivity index (χ0v) is 9.85. The lowest BCUT2D eigenvalue weighted by Crippen LogP contribution is -1.97. The summed E-state index contributed by atoms with van der Waals surface area (Å²) in [5, 5.41) is 9.72. The highest BCUT2D eigenvalue weighted by molar-refractivity contribution is 9.10. The average Bonchev–Trinajstić information content (AvgIpc) is 2.72. The average molecular weight is 274 g/mol. The van der Waals surface area contributed by atoms with E-state index in [-0.39, 0.29) is 0 Å². The minimum atomic E-state index is 0.612. The third-order valence-electron chi connectivity index (χ3n) is 1.57. The zero-order valence-electron chi connectivity index (χ0n) is 7.45. The maximum atomic E-state index is 5.05. The monoisotopic (exact) mass is 273 g/mol. The third kappa shape index (κ3) is 2.33. The van der Waals surface area contributed by atoms with Gasteiger partial charge in [0, 0.05) is 11.4 Å². The maximum absolute atomic E-state index is 5.05. The lowest BCUT2D eigenvalue weighted by Gasteiger charge is -1.96. The molecule has 0 saturated carbocycles. The van der Waals surface area contributed by atoms with Crippen LogP contribution in [-0.2, 0) is 6.54 Å². The first-order valence-electron chi connectivity index (χ1n) is 4.01. The molecule has 0 atom stereocenters. The van der Waals surface area contributed by atoms with E-state index >= 15 is 0 Å². The Balaban J connectivity index is 1.94. The molecule has 6 heteroatoms. The minimum Gasteiger partial charge on any atom is -0.359 e. The summed E-state index contributed by atoms with van der Waals surface area (Å²) >= 11 is 4.83. The number of nitrogens with one attached hydrogen (secondary N) is 1. The third-order valence-corrected chi connectivity index (χ3v) is 3.08. The predicted molar refractivity (Wildman–Crippen MR) is 58.4 cm³/mol. The van der Waals surface area contributed by atoms with Crippen LogP contribution in [0.15, 0.2) is 20.6 Å². The normalized spacial score (nSPS) is 10.4. The Labute approximate surface area is 93.5 Å². The molecule has 0 saturated heterocycles. The van der Waals surface area contributed by atoms with Gasteiger partial charge in [-0.05, 0) is 22.9 Å². The number of aromatic nitrogens is 2. The maximum Gasteiger partial charge on any atom is 0.184 e. The summed E-state index contributed by atoms with van der Waals surface area (Å²) in [7, 11) is 0. The molecule has 1 N–H and O–H groups in total. The van der Waals surface area contributed by atoms with Crippen molar-refractivity contribution in [1.29, 1.82) is 0 Å². The number of anilines is 1. The van der Waals surface area contributed by atoms with Crippen LogP contribution < -0.4 is 5.32 Å². The van der Waals surface area contributed by atoms with Crippen molar-refractivity contribution in [2.75, 3.05) is 5.32 Å². The molecule has 2 rings (SSSR count). The van der Waals surface area contributed by atoms with E-state index in [0.29, 0.717) is 6.54 Å². The number of hydrogen-bond donors (Lipinski definition) is 1. The Bertz CT molecular complexity index is 385. The summed E-state index contributed by atoms with van der Waals surface area (Å²) in [4.78, 5) is 4.19. The molecule has 14 heavy (non-hydrogen) atoms. The number of hydrogen-bond acceptors (Lipinski definition) is 5. The lowest BCUT2D eigenvalue weighted by atomic mass is 10.4. The molecule has 0 aliphatic heterocycles. The van der Waals surface area contributed by atoms with Crippen LogP contribution in [0.2, 0.25) is 0 Å². The van der Waals surface area contributed by atoms with Crippen molar-refractivity contribution in [2.45, 2.75) is 13.5 Å². The number of aryl methyl sites for hydroxylation is 1. The molecule has 0 aliphatic rings. The van der Waals surface area contributed by atoms with Gasteiger partial charge in [-0.25, -0.2) is 4.98 Å². The van der Waals surface area contributed by atoms with E-state index in [2.05, 4.69) is 31.4 Å². The second kappa shape index (κ2) is 4.10. The Morgan fingerprint density at radius 1 is 1.64 bits per heavy atom. The summed E-state index contributed by atoms with van der Waals surface area (Å²) in [6, 6.07) is 1.90. The van der Waals surface area contributed by atoms with Crippen LogP contribution >= 0.6 is 27.3 Å². The Morgan fingerprint density at radius 2 is 2.50 bits per heavy atom. The zero-order chi connectivity index (χ0) is 9.97. The van der Waals surface area contributed by atoms with Crippen LogP contribution in [0.4, 0.5) is 5.13 Å². The van der Waals surface area contributed by atoms with Gasteiger partial charge in [-0.1, -0.05) is 5.16 Å². The molecule has 2 heterocycles. The summed E-state index contributed by atoms with van der Waals surface area (Å²) < 4.78 is 5.89. The molecule has 0 amide bonds. The highest BCUT2D eigenvalue weighted by Crippen LogP contribution is 2.19. The van der Waals surface area contributed by atoms with Gasteiger partial charge in [0.15, 0.2) is 10.9 Å². The van der Waals surface area contributed by atoms with Crippen molar-refractivity contribution < 1.29 is 4.52 Å². The van der Waals surface area contributed by atoms with Crippen molar-refractivity contribution in [3.05, 3.63) is 27.5 Å². The van der Waals surface area contributed by atoms with Gasteiger partial charge < -0.3 is 9.84 Å². The van der Waals surface area contributed by atoms with Gasteiger partial charge in [0.05, 0.1) is 12.2 Å². The molecular formula is C8H8BrN3OS. The molecule has 0 bridgehead atoms. The van der Waals surface area contributed by atoms with E-state index in [1.165, 1.54) is 0 Å². The number of rotatable bonds is 3. The molecule has 4 nitrogen and oxygen atoms in total. The van der Waals surface area contributed by atoms with Gasteiger partial charge in [0.2, 0.25) is 0 Å². The van der Waals surface area contributed by atoms with Gasteiger partial charge in [-0.3, -0.25) is 0 Å². The highest BCUT2D eigenvalue weighted by Gasteiger charge is 2.02. The first kappa shape index (κ1) is 9.67. The van der Waals surface area contributed by atoms with Crippen molar-refractivity contribution in [1.82, 2.24) is 10.1 Å². The van der Waals surface area contributed by atoms with E-state index < -0.39 is 0 Å². The van der Waals surface area contributed by atoms with Crippen LogP contribution in [0.3, 0.4) is 0 Å². The molecule has 0 spiro atoms. The first-order valence-corrected chi connectivity index (χ1v) is 5.68. The number of halogens is 1. The van der Waals surface area contributed by atoms with Gasteiger partial charge in [0.1, 0.15) is 4.60 Å². The molecule has 2 aromatic rings. The fourth-order valence-electron chi connectivity index (χ4n) is 0.998. The summed E-state index contributed by atoms with van der Waals surface area (Å²) in [5.41, 5.74) is 0.891. The molecule has 0 unspecified atom stereocenters. The molecule has 0 aliphatic carbocycles. The predicted octanol–water partition coefficient (Wildman–Crippen LogP) is 2.81. The number of thiazole rings is 1. The lowest BCUT2D eigenvalue weighted by molar-refractivity contribution is 0.384. The number of nitrogens with zero attached hydrogens (tertiary/aromatic N) is 2. The smallest absolute Gasteiger partial charge is 0.184 e. The van der Waals surface area contributed by atoms with Gasteiger partial charge in [-0.15, -0.1) is 11.3 Å². The van der Waals surface area contributed by atoms with Gasteiger partial charge in [-0.2, -0.15) is 0 Å². The van der Waals surface area contributed by atoms with E-state index in [1.54, 1.807) is 11.3 Å². The van der Waals surface area contributed by atoms with Gasteiger partial charge in [0.25, 0.3) is 0 Å². The second-order valence-electron chi connectivity index (χ2n) is 2.76. The molecule has 0 radical (unpaired) electrons. The van der Waals surface area contributed by atoms with Crippen LogP contribution in [0.1, 0.15) is 11.5 Å². The van der Waals surface area contributed by atoms with Crippen molar-refractivity contribution >= 4 is 32.4 Å². The van der Waals surface area contributed by atoms with Crippen LogP contribution in [0, 0.1) is 6.92 Å². The molecule has 2 aromatic heterocycles. The van der Waals surface area contributed by atoms with E-state index in [1.807, 2.05) is 18.4 Å². The second-order valence-corrected chi connectivity index (χ2v) is 4.43. The molecule has 0 aromatic carbocycles. The molecular weight excluding hydrogens is 266 g/mol. The van der Waals surface area contributed by atoms with Crippen molar-refractivity contribution in [3.8, 4) is 0 Å². The molecule has 0 fully saturated rings. The summed E-state index contributed by atoms with van der Waals surface area (Å²) in [6.07, 6.45) is 0. The Morgan fingerprint density at radius 3 is 3.07 bits per heavy atom. The largest absolute Gasteiger partial charge is 0.359 e. The van der Waals surface area contributed by atoms with Crippen LogP contribution in [0.25, 0.3) is 0 Å². The fraction of sp³-hybridized carbons (Fsp3) is 0.250. The van der Waals surface area contributed by atoms with E-state index in [4.69, 9.17) is 4.52 Å². The fourth-order valence-corrected chi connectivity index (χ4v) is 2.14. The summed E-state index contributed by atoms with van der Waals surface area (Å²) in [5.74, 6) is 0.814. The topological polar surface area (TPSA) is 51.0 Å². The Hall–Kier alpha value is -0.880. The highest BCUT2D eigenvalue weighted by atomic mass is 79.9. The SMILES string of the molecule is Cc1cc(CNc2nc(Br)cs2)on1. The van der Waals surface area contributed by atoms with Crippen LogP contribution in [-0.4, -0.2) is 10.1 Å². The van der Waals surface area contributed by atoms with E-state index in [0.717, 1.165) is 21.2 Å². The van der Waals surface area contributed by atoms with Gasteiger partial charge >= 0.3 is 0 Å². The first-order chi connectivity index (χ1) is 6.74. The van der Waals surface area contributed by atoms with Crippen molar-refractivity contribution in [3.63, 3.8) is 0 Å². The minimum absolute atomic E-state index is 0.612. The summed E-state index contributed by atoms with van der Waals surface area (Å²) in [6.45, 7) is 2.51. The quantitative estimate of drug-likeness (QED) is 0.935.